The molecule has 9 aromatic rings. The van der Waals surface area contributed by atoms with Gasteiger partial charge in [-0.15, -0.1) is 0 Å². The van der Waals surface area contributed by atoms with Crippen LogP contribution in [0.3, 0.4) is 0 Å². The lowest BCUT2D eigenvalue weighted by molar-refractivity contribution is 1.18. The Kier molecular flexibility index (Phi) is 7.53. The van der Waals surface area contributed by atoms with Crippen molar-refractivity contribution in [2.24, 2.45) is 0 Å². The number of hydrogen-bond acceptors (Lipinski definition) is 1. The second-order valence-corrected chi connectivity index (χ2v) is 12.6. The number of para-hydroxylation sites is 2. The van der Waals surface area contributed by atoms with E-state index in [1.807, 2.05) is 0 Å². The molecule has 0 unspecified atom stereocenters. The van der Waals surface area contributed by atoms with Crippen molar-refractivity contribution in [2.45, 2.75) is 0 Å². The summed E-state index contributed by atoms with van der Waals surface area (Å²) in [5.74, 6) is 0. The van der Waals surface area contributed by atoms with Gasteiger partial charge in [-0.1, -0.05) is 146 Å². The van der Waals surface area contributed by atoms with Crippen LogP contribution < -0.4 is 4.90 Å². The Bertz CT molecular complexity index is 2500. The maximum Gasteiger partial charge on any atom is 0.0562 e. The van der Waals surface area contributed by atoms with Gasteiger partial charge in [0.15, 0.2) is 0 Å². The van der Waals surface area contributed by atoms with Crippen molar-refractivity contribution in [1.82, 2.24) is 4.57 Å². The topological polar surface area (TPSA) is 8.17 Å². The van der Waals surface area contributed by atoms with Gasteiger partial charge in [0, 0.05) is 27.8 Å². The summed E-state index contributed by atoms with van der Waals surface area (Å²) in [5.41, 5.74) is 13.9. The number of benzene rings is 8. The molecule has 0 radical (unpaired) electrons. The molecule has 0 aliphatic carbocycles. The fraction of sp³-hybridized carbons (Fsp3) is 0. The number of rotatable bonds is 7. The molecule has 0 fully saturated rings. The van der Waals surface area contributed by atoms with Gasteiger partial charge in [0.2, 0.25) is 0 Å². The van der Waals surface area contributed by atoms with E-state index in [9.17, 15) is 0 Å². The van der Waals surface area contributed by atoms with Gasteiger partial charge in [0.05, 0.1) is 16.7 Å². The van der Waals surface area contributed by atoms with Crippen LogP contribution in [-0.2, 0) is 0 Å². The number of hydrogen-bond donors (Lipinski definition) is 0. The Morgan fingerprint density at radius 1 is 0.320 bits per heavy atom. The standard InChI is InChI=1S/C48H34N2/c1-5-16-35(17-6-1)38-28-30-42(31-29-38)49(43-33-39(36-18-7-2-8-19-36)32-40(34-43)37-20-9-3-10-21-37)46-26-15-27-47-48(46)44-24-13-14-25-45(44)50(47)41-22-11-4-12-23-41/h1-34H. The summed E-state index contributed by atoms with van der Waals surface area (Å²) >= 11 is 0. The predicted molar refractivity (Wildman–Crippen MR) is 212 cm³/mol. The number of fused-ring (bicyclic) bond motifs is 3. The Morgan fingerprint density at radius 3 is 1.40 bits per heavy atom. The van der Waals surface area contributed by atoms with Gasteiger partial charge in [0.1, 0.15) is 0 Å². The molecule has 2 nitrogen and oxygen atoms in total. The quantitative estimate of drug-likeness (QED) is 0.169. The summed E-state index contributed by atoms with van der Waals surface area (Å²) in [6.07, 6.45) is 0. The predicted octanol–water partition coefficient (Wildman–Crippen LogP) is 13.3. The maximum atomic E-state index is 2.44. The number of nitrogens with zero attached hydrogens (tertiary/aromatic N) is 2. The molecule has 0 bridgehead atoms. The molecule has 9 rings (SSSR count). The van der Waals surface area contributed by atoms with Crippen LogP contribution in [-0.4, -0.2) is 4.57 Å². The molecule has 0 saturated carbocycles. The molecular formula is C48H34N2. The fourth-order valence-corrected chi connectivity index (χ4v) is 7.24. The van der Waals surface area contributed by atoms with Gasteiger partial charge < -0.3 is 9.47 Å². The van der Waals surface area contributed by atoms with Crippen molar-refractivity contribution >= 4 is 38.9 Å². The van der Waals surface area contributed by atoms with E-state index in [1.54, 1.807) is 0 Å². The third kappa shape index (κ3) is 5.34. The summed E-state index contributed by atoms with van der Waals surface area (Å²) in [6.45, 7) is 0. The van der Waals surface area contributed by atoms with Gasteiger partial charge in [-0.05, 0) is 94.0 Å². The molecule has 0 aliphatic heterocycles. The monoisotopic (exact) mass is 638 g/mol. The van der Waals surface area contributed by atoms with Crippen LogP contribution >= 0.6 is 0 Å². The smallest absolute Gasteiger partial charge is 0.0562 e. The van der Waals surface area contributed by atoms with Crippen molar-refractivity contribution in [1.29, 1.82) is 0 Å². The minimum absolute atomic E-state index is 1.10. The van der Waals surface area contributed by atoms with Gasteiger partial charge >= 0.3 is 0 Å². The zero-order valence-electron chi connectivity index (χ0n) is 27.5. The highest BCUT2D eigenvalue weighted by molar-refractivity contribution is 6.16. The molecule has 0 aliphatic rings. The number of aromatic nitrogens is 1. The van der Waals surface area contributed by atoms with Crippen LogP contribution in [0.1, 0.15) is 0 Å². The highest BCUT2D eigenvalue weighted by Crippen LogP contribution is 2.45. The van der Waals surface area contributed by atoms with Gasteiger partial charge in [-0.2, -0.15) is 0 Å². The lowest BCUT2D eigenvalue weighted by atomic mass is 9.97. The van der Waals surface area contributed by atoms with E-state index in [-0.39, 0.29) is 0 Å². The molecule has 0 saturated heterocycles. The number of anilines is 3. The summed E-state index contributed by atoms with van der Waals surface area (Å²) in [6, 6.07) is 74.1. The first-order valence-electron chi connectivity index (χ1n) is 17.1. The van der Waals surface area contributed by atoms with Gasteiger partial charge in [0.25, 0.3) is 0 Å². The third-order valence-corrected chi connectivity index (χ3v) is 9.55. The van der Waals surface area contributed by atoms with E-state index in [0.717, 1.165) is 22.7 Å². The minimum atomic E-state index is 1.10. The molecule has 2 heteroatoms. The van der Waals surface area contributed by atoms with E-state index in [0.29, 0.717) is 0 Å². The van der Waals surface area contributed by atoms with Crippen LogP contribution in [0.5, 0.6) is 0 Å². The van der Waals surface area contributed by atoms with Crippen LogP contribution in [0.4, 0.5) is 17.1 Å². The van der Waals surface area contributed by atoms with E-state index in [1.165, 1.54) is 55.2 Å². The molecule has 1 heterocycles. The maximum absolute atomic E-state index is 2.44. The Balaban J connectivity index is 1.34. The molecular weight excluding hydrogens is 605 g/mol. The normalized spacial score (nSPS) is 11.2. The van der Waals surface area contributed by atoms with Crippen molar-refractivity contribution in [3.05, 3.63) is 206 Å². The average molecular weight is 639 g/mol. The van der Waals surface area contributed by atoms with Gasteiger partial charge in [-0.25, -0.2) is 0 Å². The van der Waals surface area contributed by atoms with E-state index in [2.05, 4.69) is 216 Å². The van der Waals surface area contributed by atoms with Crippen LogP contribution in [0.2, 0.25) is 0 Å². The molecule has 0 atom stereocenters. The molecule has 236 valence electrons. The van der Waals surface area contributed by atoms with E-state index < -0.39 is 0 Å². The summed E-state index contributed by atoms with van der Waals surface area (Å²) in [5, 5.41) is 2.43. The third-order valence-electron chi connectivity index (χ3n) is 9.55. The highest BCUT2D eigenvalue weighted by Gasteiger charge is 2.22. The van der Waals surface area contributed by atoms with Crippen molar-refractivity contribution in [3.63, 3.8) is 0 Å². The van der Waals surface area contributed by atoms with Crippen molar-refractivity contribution < 1.29 is 0 Å². The van der Waals surface area contributed by atoms with Crippen LogP contribution in [0.15, 0.2) is 206 Å². The van der Waals surface area contributed by atoms with Crippen LogP contribution in [0, 0.1) is 0 Å². The largest absolute Gasteiger partial charge is 0.310 e. The first-order chi connectivity index (χ1) is 24.8. The zero-order chi connectivity index (χ0) is 33.3. The second kappa shape index (κ2) is 12.8. The second-order valence-electron chi connectivity index (χ2n) is 12.6. The zero-order valence-corrected chi connectivity index (χ0v) is 27.5. The summed E-state index contributed by atoms with van der Waals surface area (Å²) in [4.78, 5) is 2.44. The lowest BCUT2D eigenvalue weighted by Crippen LogP contribution is -2.11. The molecule has 0 spiro atoms. The van der Waals surface area contributed by atoms with Crippen LogP contribution in [0.25, 0.3) is 60.9 Å². The first-order valence-corrected chi connectivity index (χ1v) is 17.1. The SMILES string of the molecule is c1ccc(-c2ccc(N(c3cc(-c4ccccc4)cc(-c4ccccc4)c3)c3cccc4c3c3ccccc3n4-c3ccccc3)cc2)cc1. The van der Waals surface area contributed by atoms with E-state index in [4.69, 9.17) is 0 Å². The molecule has 50 heavy (non-hydrogen) atoms. The highest BCUT2D eigenvalue weighted by atomic mass is 15.1. The molecule has 0 amide bonds. The van der Waals surface area contributed by atoms with Crippen molar-refractivity contribution in [2.75, 3.05) is 4.90 Å². The summed E-state index contributed by atoms with van der Waals surface area (Å²) < 4.78 is 2.39. The Hall–Kier alpha value is -6.64. The molecule has 8 aromatic carbocycles. The Labute approximate surface area is 292 Å². The summed E-state index contributed by atoms with van der Waals surface area (Å²) in [7, 11) is 0. The minimum Gasteiger partial charge on any atom is -0.310 e. The average Bonchev–Trinajstić information content (AvgIpc) is 3.55. The van der Waals surface area contributed by atoms with Crippen molar-refractivity contribution in [3.8, 4) is 39.1 Å². The Morgan fingerprint density at radius 2 is 0.800 bits per heavy atom. The molecule has 1 aromatic heterocycles. The lowest BCUT2D eigenvalue weighted by Gasteiger charge is -2.28. The van der Waals surface area contributed by atoms with Gasteiger partial charge in [-0.3, -0.25) is 0 Å². The fourth-order valence-electron chi connectivity index (χ4n) is 7.24. The molecule has 0 N–H and O–H groups in total. The van der Waals surface area contributed by atoms with E-state index >= 15 is 0 Å². The first kappa shape index (κ1) is 29.5.